The predicted molar refractivity (Wildman–Crippen MR) is 102 cm³/mol. The molecule has 130 valence electrons. The van der Waals surface area contributed by atoms with Gasteiger partial charge in [0.25, 0.3) is 5.91 Å². The average molecular weight is 355 g/mol. The summed E-state index contributed by atoms with van der Waals surface area (Å²) >= 11 is 1.42. The van der Waals surface area contributed by atoms with Crippen molar-refractivity contribution in [2.75, 3.05) is 19.4 Å². The van der Waals surface area contributed by atoms with E-state index in [0.717, 1.165) is 23.0 Å². The van der Waals surface area contributed by atoms with Crippen LogP contribution >= 0.6 is 11.3 Å². The van der Waals surface area contributed by atoms with E-state index < -0.39 is 6.10 Å². The summed E-state index contributed by atoms with van der Waals surface area (Å²) in [6, 6.07) is 13.9. The molecule has 0 fully saturated rings. The first-order chi connectivity index (χ1) is 12.0. The molecular weight excluding hydrogens is 334 g/mol. The highest BCUT2D eigenvalue weighted by molar-refractivity contribution is 7.13. The van der Waals surface area contributed by atoms with Crippen LogP contribution in [-0.4, -0.2) is 36.0 Å². The standard InChI is InChI=1S/C19H21N3O2S/c1-13(18(23)21-19-20-16(12-25-19)11-22(2)3)24-17-9-8-14-6-4-5-7-15(14)10-17/h4-10,12-13H,11H2,1-3H3,(H,20,21,23)/t13-/m0/s1. The Hall–Kier alpha value is -2.44. The maximum Gasteiger partial charge on any atom is 0.266 e. The molecular formula is C19H21N3O2S. The third kappa shape index (κ3) is 4.55. The van der Waals surface area contributed by atoms with Crippen molar-refractivity contribution in [3.63, 3.8) is 0 Å². The van der Waals surface area contributed by atoms with Gasteiger partial charge >= 0.3 is 0 Å². The van der Waals surface area contributed by atoms with Gasteiger partial charge in [-0.25, -0.2) is 4.98 Å². The van der Waals surface area contributed by atoms with E-state index in [2.05, 4.69) is 10.3 Å². The molecule has 0 saturated heterocycles. The minimum Gasteiger partial charge on any atom is -0.481 e. The second kappa shape index (κ2) is 7.63. The Labute approximate surface area is 151 Å². The molecule has 1 N–H and O–H groups in total. The molecule has 0 spiro atoms. The summed E-state index contributed by atoms with van der Waals surface area (Å²) in [7, 11) is 3.97. The highest BCUT2D eigenvalue weighted by Gasteiger charge is 2.16. The summed E-state index contributed by atoms with van der Waals surface area (Å²) in [5.74, 6) is 0.465. The number of amides is 1. The summed E-state index contributed by atoms with van der Waals surface area (Å²) in [5, 5.41) is 7.59. The summed E-state index contributed by atoms with van der Waals surface area (Å²) < 4.78 is 5.78. The normalized spacial score (nSPS) is 12.3. The highest BCUT2D eigenvalue weighted by Crippen LogP contribution is 2.22. The second-order valence-corrected chi connectivity index (χ2v) is 7.00. The number of nitrogens with zero attached hydrogens (tertiary/aromatic N) is 2. The number of benzene rings is 2. The zero-order valence-electron chi connectivity index (χ0n) is 14.5. The van der Waals surface area contributed by atoms with Crippen molar-refractivity contribution < 1.29 is 9.53 Å². The van der Waals surface area contributed by atoms with Crippen molar-refractivity contribution in [2.24, 2.45) is 0 Å². The number of rotatable bonds is 6. The lowest BCUT2D eigenvalue weighted by atomic mass is 10.1. The second-order valence-electron chi connectivity index (χ2n) is 6.14. The fourth-order valence-electron chi connectivity index (χ4n) is 2.47. The summed E-state index contributed by atoms with van der Waals surface area (Å²) in [6.07, 6.45) is -0.609. The molecule has 25 heavy (non-hydrogen) atoms. The molecule has 1 heterocycles. The fourth-order valence-corrected chi connectivity index (χ4v) is 3.17. The Morgan fingerprint density at radius 3 is 2.76 bits per heavy atom. The van der Waals surface area contributed by atoms with Gasteiger partial charge in [0, 0.05) is 11.9 Å². The smallest absolute Gasteiger partial charge is 0.266 e. The van der Waals surface area contributed by atoms with E-state index in [-0.39, 0.29) is 5.91 Å². The number of carbonyl (C=O) groups is 1. The monoisotopic (exact) mass is 355 g/mol. The van der Waals surface area contributed by atoms with E-state index in [1.807, 2.05) is 66.8 Å². The fraction of sp³-hybridized carbons (Fsp3) is 0.263. The van der Waals surface area contributed by atoms with E-state index in [1.165, 1.54) is 11.3 Å². The zero-order chi connectivity index (χ0) is 17.8. The minimum atomic E-state index is -0.609. The van der Waals surface area contributed by atoms with Gasteiger partial charge in [-0.15, -0.1) is 11.3 Å². The molecule has 0 bridgehead atoms. The molecule has 0 aliphatic rings. The number of thiazole rings is 1. The number of hydrogen-bond acceptors (Lipinski definition) is 5. The molecule has 0 radical (unpaired) electrons. The number of hydrogen-bond donors (Lipinski definition) is 1. The van der Waals surface area contributed by atoms with Crippen molar-refractivity contribution >= 4 is 33.1 Å². The quantitative estimate of drug-likeness (QED) is 0.731. The van der Waals surface area contributed by atoms with Gasteiger partial charge in [-0.2, -0.15) is 0 Å². The molecule has 0 unspecified atom stereocenters. The number of fused-ring (bicyclic) bond motifs is 1. The Morgan fingerprint density at radius 2 is 2.00 bits per heavy atom. The number of nitrogens with one attached hydrogen (secondary N) is 1. The van der Waals surface area contributed by atoms with E-state index in [9.17, 15) is 4.79 Å². The van der Waals surface area contributed by atoms with Crippen LogP contribution in [0.4, 0.5) is 5.13 Å². The average Bonchev–Trinajstić information content (AvgIpc) is 3.00. The van der Waals surface area contributed by atoms with E-state index in [4.69, 9.17) is 4.74 Å². The van der Waals surface area contributed by atoms with Crippen molar-refractivity contribution in [3.05, 3.63) is 53.5 Å². The highest BCUT2D eigenvalue weighted by atomic mass is 32.1. The molecule has 1 amide bonds. The molecule has 1 aromatic heterocycles. The van der Waals surface area contributed by atoms with Crippen LogP contribution in [0.1, 0.15) is 12.6 Å². The molecule has 0 saturated carbocycles. The maximum atomic E-state index is 12.3. The number of carbonyl (C=O) groups excluding carboxylic acids is 1. The van der Waals surface area contributed by atoms with Crippen molar-refractivity contribution in [1.82, 2.24) is 9.88 Å². The molecule has 3 rings (SSSR count). The first kappa shape index (κ1) is 17.4. The maximum absolute atomic E-state index is 12.3. The first-order valence-electron chi connectivity index (χ1n) is 8.07. The van der Waals surface area contributed by atoms with Crippen LogP contribution in [0.2, 0.25) is 0 Å². The molecule has 0 aliphatic heterocycles. The lowest BCUT2D eigenvalue weighted by molar-refractivity contribution is -0.122. The largest absolute Gasteiger partial charge is 0.481 e. The lowest BCUT2D eigenvalue weighted by Crippen LogP contribution is -2.30. The van der Waals surface area contributed by atoms with E-state index >= 15 is 0 Å². The topological polar surface area (TPSA) is 54.5 Å². The zero-order valence-corrected chi connectivity index (χ0v) is 15.3. The van der Waals surface area contributed by atoms with Crippen LogP contribution in [0.5, 0.6) is 5.75 Å². The Kier molecular flexibility index (Phi) is 5.31. The molecule has 2 aromatic carbocycles. The Balaban J connectivity index is 1.62. The van der Waals surface area contributed by atoms with Crippen molar-refractivity contribution in [3.8, 4) is 5.75 Å². The molecule has 0 aliphatic carbocycles. The summed E-state index contributed by atoms with van der Waals surface area (Å²) in [4.78, 5) is 18.8. The number of ether oxygens (including phenoxy) is 1. The van der Waals surface area contributed by atoms with Crippen LogP contribution in [0, 0.1) is 0 Å². The molecule has 6 heteroatoms. The van der Waals surface area contributed by atoms with Crippen LogP contribution in [0.3, 0.4) is 0 Å². The van der Waals surface area contributed by atoms with Crippen LogP contribution in [-0.2, 0) is 11.3 Å². The van der Waals surface area contributed by atoms with Gasteiger partial charge in [0.15, 0.2) is 11.2 Å². The van der Waals surface area contributed by atoms with Gasteiger partial charge in [-0.3, -0.25) is 10.1 Å². The third-order valence-corrected chi connectivity index (χ3v) is 4.47. The summed E-state index contributed by atoms with van der Waals surface area (Å²) in [6.45, 7) is 2.48. The lowest BCUT2D eigenvalue weighted by Gasteiger charge is -2.14. The first-order valence-corrected chi connectivity index (χ1v) is 8.94. The minimum absolute atomic E-state index is 0.209. The molecule has 3 aromatic rings. The van der Waals surface area contributed by atoms with Crippen LogP contribution < -0.4 is 10.1 Å². The van der Waals surface area contributed by atoms with Crippen molar-refractivity contribution in [1.29, 1.82) is 0 Å². The number of anilines is 1. The van der Waals surface area contributed by atoms with Gasteiger partial charge in [0.05, 0.1) is 5.69 Å². The van der Waals surface area contributed by atoms with Gasteiger partial charge in [-0.1, -0.05) is 30.3 Å². The van der Waals surface area contributed by atoms with Gasteiger partial charge in [0.1, 0.15) is 5.75 Å². The predicted octanol–water partition coefficient (Wildman–Crippen LogP) is 3.76. The van der Waals surface area contributed by atoms with Crippen LogP contribution in [0.15, 0.2) is 47.8 Å². The Bertz CT molecular complexity index is 876. The van der Waals surface area contributed by atoms with Gasteiger partial charge < -0.3 is 9.64 Å². The molecule has 5 nitrogen and oxygen atoms in total. The van der Waals surface area contributed by atoms with Crippen LogP contribution in [0.25, 0.3) is 10.8 Å². The number of aromatic nitrogens is 1. The third-order valence-electron chi connectivity index (χ3n) is 3.66. The molecule has 1 atom stereocenters. The van der Waals surface area contributed by atoms with E-state index in [1.54, 1.807) is 6.92 Å². The summed E-state index contributed by atoms with van der Waals surface area (Å²) in [5.41, 5.74) is 0.938. The van der Waals surface area contributed by atoms with Crippen molar-refractivity contribution in [2.45, 2.75) is 19.6 Å². The van der Waals surface area contributed by atoms with Gasteiger partial charge in [-0.05, 0) is 43.9 Å². The van der Waals surface area contributed by atoms with Gasteiger partial charge in [0.2, 0.25) is 0 Å². The Morgan fingerprint density at radius 1 is 1.24 bits per heavy atom. The SMILES string of the molecule is C[C@H](Oc1ccc2ccccc2c1)C(=O)Nc1nc(CN(C)C)cs1. The van der Waals surface area contributed by atoms with E-state index in [0.29, 0.717) is 10.9 Å².